The van der Waals surface area contributed by atoms with Gasteiger partial charge in [-0.3, -0.25) is 0 Å². The van der Waals surface area contributed by atoms with Crippen LogP contribution in [0.1, 0.15) is 19.8 Å². The van der Waals surface area contributed by atoms with Gasteiger partial charge < -0.3 is 11.1 Å². The van der Waals surface area contributed by atoms with Gasteiger partial charge in [-0.25, -0.2) is 0 Å². The molecule has 2 rings (SSSR count). The van der Waals surface area contributed by atoms with Crippen molar-refractivity contribution >= 4 is 27.3 Å². The molecule has 3 N–H and O–H groups in total. The fourth-order valence-electron chi connectivity index (χ4n) is 1.78. The van der Waals surface area contributed by atoms with E-state index < -0.39 is 0 Å². The van der Waals surface area contributed by atoms with E-state index >= 15 is 0 Å². The molecule has 15 heavy (non-hydrogen) atoms. The number of hydrogen-bond acceptors (Lipinski definition) is 2. The largest absolute Gasteiger partial charge is 0.399 e. The molecule has 1 atom stereocenters. The molecule has 1 aliphatic rings. The summed E-state index contributed by atoms with van der Waals surface area (Å²) in [5.74, 6) is 1.72. The van der Waals surface area contributed by atoms with Crippen molar-refractivity contribution in [3.05, 3.63) is 22.7 Å². The Bertz CT molecular complexity index is 347. The van der Waals surface area contributed by atoms with E-state index in [-0.39, 0.29) is 0 Å². The van der Waals surface area contributed by atoms with Gasteiger partial charge in [-0.1, -0.05) is 6.92 Å². The summed E-state index contributed by atoms with van der Waals surface area (Å²) in [6.45, 7) is 3.36. The minimum atomic E-state index is 0.773. The quantitative estimate of drug-likeness (QED) is 0.821. The third-order valence-corrected chi connectivity index (χ3v) is 3.69. The Hall–Kier alpha value is -0.700. The molecule has 1 aromatic carbocycles. The second kappa shape index (κ2) is 4.44. The van der Waals surface area contributed by atoms with E-state index in [0.29, 0.717) is 0 Å². The van der Waals surface area contributed by atoms with Crippen LogP contribution in [0.5, 0.6) is 0 Å². The zero-order valence-corrected chi connectivity index (χ0v) is 10.5. The van der Waals surface area contributed by atoms with E-state index in [1.165, 1.54) is 12.8 Å². The van der Waals surface area contributed by atoms with Gasteiger partial charge in [-0.05, 0) is 58.8 Å². The van der Waals surface area contributed by atoms with Crippen molar-refractivity contribution in [2.75, 3.05) is 17.6 Å². The van der Waals surface area contributed by atoms with Crippen LogP contribution in [0, 0.1) is 11.8 Å². The summed E-state index contributed by atoms with van der Waals surface area (Å²) < 4.78 is 1.05. The average molecular weight is 269 g/mol. The van der Waals surface area contributed by atoms with E-state index in [4.69, 9.17) is 5.73 Å². The van der Waals surface area contributed by atoms with E-state index in [1.54, 1.807) is 0 Å². The highest BCUT2D eigenvalue weighted by Crippen LogP contribution is 2.36. The van der Waals surface area contributed by atoms with Gasteiger partial charge in [0.25, 0.3) is 0 Å². The molecule has 0 radical (unpaired) electrons. The molecule has 1 aliphatic carbocycles. The monoisotopic (exact) mass is 268 g/mol. The van der Waals surface area contributed by atoms with Crippen LogP contribution in [-0.4, -0.2) is 6.54 Å². The number of anilines is 2. The van der Waals surface area contributed by atoms with Crippen LogP contribution < -0.4 is 11.1 Å². The molecule has 1 saturated carbocycles. The zero-order valence-electron chi connectivity index (χ0n) is 8.96. The summed E-state index contributed by atoms with van der Waals surface area (Å²) in [5.41, 5.74) is 7.61. The standard InChI is InChI=1S/C12H17BrN2/c1-8(9-2-3-9)7-15-12-5-4-10(14)6-11(12)13/h4-6,8-9,15H,2-3,7,14H2,1H3. The van der Waals surface area contributed by atoms with Crippen molar-refractivity contribution in [2.24, 2.45) is 11.8 Å². The minimum absolute atomic E-state index is 0.773. The lowest BCUT2D eigenvalue weighted by Crippen LogP contribution is -2.13. The smallest absolute Gasteiger partial charge is 0.0486 e. The van der Waals surface area contributed by atoms with Crippen LogP contribution in [0.4, 0.5) is 11.4 Å². The molecule has 0 heterocycles. The molecule has 0 spiro atoms. The summed E-state index contributed by atoms with van der Waals surface area (Å²) in [4.78, 5) is 0. The van der Waals surface area contributed by atoms with Crippen molar-refractivity contribution in [2.45, 2.75) is 19.8 Å². The summed E-state index contributed by atoms with van der Waals surface area (Å²) >= 11 is 3.51. The lowest BCUT2D eigenvalue weighted by Gasteiger charge is -2.13. The molecular weight excluding hydrogens is 252 g/mol. The Labute approximate surface area is 99.4 Å². The lowest BCUT2D eigenvalue weighted by atomic mass is 10.1. The van der Waals surface area contributed by atoms with Crippen molar-refractivity contribution in [3.8, 4) is 0 Å². The first kappa shape index (κ1) is 10.8. The highest BCUT2D eigenvalue weighted by Gasteiger charge is 2.27. The van der Waals surface area contributed by atoms with Crippen LogP contribution in [0.25, 0.3) is 0 Å². The molecular formula is C12H17BrN2. The Morgan fingerprint density at radius 3 is 2.87 bits per heavy atom. The number of nitrogens with two attached hydrogens (primary N) is 1. The molecule has 1 fully saturated rings. The molecule has 82 valence electrons. The Morgan fingerprint density at radius 1 is 1.53 bits per heavy atom. The first-order valence-electron chi connectivity index (χ1n) is 5.45. The first-order valence-corrected chi connectivity index (χ1v) is 6.25. The highest BCUT2D eigenvalue weighted by molar-refractivity contribution is 9.10. The van der Waals surface area contributed by atoms with Gasteiger partial charge in [0.2, 0.25) is 0 Å². The summed E-state index contributed by atoms with van der Waals surface area (Å²) in [6, 6.07) is 5.89. The number of benzene rings is 1. The second-order valence-corrected chi connectivity index (χ2v) is 5.29. The van der Waals surface area contributed by atoms with Crippen molar-refractivity contribution < 1.29 is 0 Å². The third kappa shape index (κ3) is 2.88. The topological polar surface area (TPSA) is 38.0 Å². The first-order chi connectivity index (χ1) is 7.16. The van der Waals surface area contributed by atoms with Gasteiger partial charge in [0.15, 0.2) is 0 Å². The van der Waals surface area contributed by atoms with Crippen LogP contribution in [-0.2, 0) is 0 Å². The van der Waals surface area contributed by atoms with Gasteiger partial charge in [0.1, 0.15) is 0 Å². The van der Waals surface area contributed by atoms with Gasteiger partial charge in [-0.2, -0.15) is 0 Å². The Morgan fingerprint density at radius 2 is 2.27 bits per heavy atom. The van der Waals surface area contributed by atoms with Gasteiger partial charge in [0.05, 0.1) is 0 Å². The van der Waals surface area contributed by atoms with Crippen LogP contribution in [0.3, 0.4) is 0 Å². The fraction of sp³-hybridized carbons (Fsp3) is 0.500. The normalized spacial score (nSPS) is 17.5. The molecule has 1 aromatic rings. The predicted octanol–water partition coefficient (Wildman–Crippen LogP) is 3.49. The van der Waals surface area contributed by atoms with Crippen LogP contribution >= 0.6 is 15.9 Å². The summed E-state index contributed by atoms with van der Waals surface area (Å²) in [6.07, 6.45) is 2.82. The SMILES string of the molecule is CC(CNc1ccc(N)cc1Br)C1CC1. The maximum absolute atomic E-state index is 5.68. The molecule has 0 aromatic heterocycles. The number of nitrogens with one attached hydrogen (secondary N) is 1. The van der Waals surface area contributed by atoms with Crippen LogP contribution in [0.2, 0.25) is 0 Å². The van der Waals surface area contributed by atoms with Crippen molar-refractivity contribution in [3.63, 3.8) is 0 Å². The summed E-state index contributed by atoms with van der Waals surface area (Å²) in [7, 11) is 0. The second-order valence-electron chi connectivity index (χ2n) is 4.43. The maximum Gasteiger partial charge on any atom is 0.0486 e. The fourth-order valence-corrected chi connectivity index (χ4v) is 2.31. The van der Waals surface area contributed by atoms with E-state index in [2.05, 4.69) is 28.2 Å². The summed E-state index contributed by atoms with van der Waals surface area (Å²) in [5, 5.41) is 3.46. The highest BCUT2D eigenvalue weighted by atomic mass is 79.9. The van der Waals surface area contributed by atoms with Crippen molar-refractivity contribution in [1.29, 1.82) is 0 Å². The molecule has 0 amide bonds. The molecule has 3 heteroatoms. The van der Waals surface area contributed by atoms with Crippen molar-refractivity contribution in [1.82, 2.24) is 0 Å². The number of nitrogen functional groups attached to an aromatic ring is 1. The Kier molecular flexibility index (Phi) is 3.19. The third-order valence-electron chi connectivity index (χ3n) is 3.03. The predicted molar refractivity (Wildman–Crippen MR) is 68.9 cm³/mol. The van der Waals surface area contributed by atoms with E-state index in [1.807, 2.05) is 18.2 Å². The van der Waals surface area contributed by atoms with E-state index in [0.717, 1.165) is 34.2 Å². The lowest BCUT2D eigenvalue weighted by molar-refractivity contribution is 0.536. The molecule has 0 saturated heterocycles. The number of hydrogen-bond donors (Lipinski definition) is 2. The molecule has 1 unspecified atom stereocenters. The molecule has 0 aliphatic heterocycles. The molecule has 2 nitrogen and oxygen atoms in total. The average Bonchev–Trinajstić information content (AvgIpc) is 2.99. The van der Waals surface area contributed by atoms with Gasteiger partial charge in [-0.15, -0.1) is 0 Å². The molecule has 0 bridgehead atoms. The minimum Gasteiger partial charge on any atom is -0.399 e. The number of rotatable bonds is 4. The maximum atomic E-state index is 5.68. The van der Waals surface area contributed by atoms with Gasteiger partial charge in [0, 0.05) is 22.4 Å². The van der Waals surface area contributed by atoms with E-state index in [9.17, 15) is 0 Å². The van der Waals surface area contributed by atoms with Crippen LogP contribution in [0.15, 0.2) is 22.7 Å². The van der Waals surface area contributed by atoms with Gasteiger partial charge >= 0.3 is 0 Å². The number of halogens is 1. The Balaban J connectivity index is 1.92. The zero-order chi connectivity index (χ0) is 10.8.